The van der Waals surface area contributed by atoms with Crippen LogP contribution >= 0.6 is 11.6 Å². The van der Waals surface area contributed by atoms with Gasteiger partial charge in [0.2, 0.25) is 0 Å². The monoisotopic (exact) mass is 268 g/mol. The van der Waals surface area contributed by atoms with Crippen molar-refractivity contribution < 1.29 is 5.11 Å². The van der Waals surface area contributed by atoms with Crippen LogP contribution in [0.3, 0.4) is 0 Å². The highest BCUT2D eigenvalue weighted by molar-refractivity contribution is 6.33. The molecule has 0 spiro atoms. The van der Waals surface area contributed by atoms with Crippen LogP contribution in [0.1, 0.15) is 25.3 Å². The number of halogens is 1. The molecule has 1 aliphatic carbocycles. The fourth-order valence-electron chi connectivity index (χ4n) is 1.98. The molecule has 2 N–H and O–H groups in total. The molecule has 0 saturated heterocycles. The minimum atomic E-state index is 0.0598. The Morgan fingerprint density at radius 1 is 1.50 bits per heavy atom. The molecule has 1 aliphatic rings. The zero-order valence-electron chi connectivity index (χ0n) is 11.0. The van der Waals surface area contributed by atoms with Gasteiger partial charge in [-0.15, -0.1) is 0 Å². The molecule has 0 heterocycles. The van der Waals surface area contributed by atoms with Crippen LogP contribution in [0, 0.1) is 0 Å². The summed E-state index contributed by atoms with van der Waals surface area (Å²) in [6.45, 7) is 2.95. The van der Waals surface area contributed by atoms with Crippen LogP contribution in [0.15, 0.2) is 18.2 Å². The molecule has 0 aliphatic heterocycles. The van der Waals surface area contributed by atoms with Gasteiger partial charge in [0.25, 0.3) is 0 Å². The van der Waals surface area contributed by atoms with E-state index in [-0.39, 0.29) is 12.6 Å². The fraction of sp³-hybridized carbons (Fsp3) is 0.571. The molecule has 2 rings (SSSR count). The largest absolute Gasteiger partial charge is 0.394 e. The van der Waals surface area contributed by atoms with E-state index >= 15 is 0 Å². The molecule has 1 unspecified atom stereocenters. The number of aliphatic hydroxyl groups excluding tert-OH is 1. The minimum Gasteiger partial charge on any atom is -0.394 e. The summed E-state index contributed by atoms with van der Waals surface area (Å²) in [6, 6.07) is 6.71. The summed E-state index contributed by atoms with van der Waals surface area (Å²) >= 11 is 6.31. The smallest absolute Gasteiger partial charge is 0.0642 e. The Bertz CT molecular complexity index is 407. The lowest BCUT2D eigenvalue weighted by Gasteiger charge is -2.28. The SMILES string of the molecule is CC(CO)N(C)c1c(Cl)cccc1CNC1CC1. The summed E-state index contributed by atoms with van der Waals surface area (Å²) in [7, 11) is 1.97. The summed E-state index contributed by atoms with van der Waals surface area (Å²) in [5.74, 6) is 0. The van der Waals surface area contributed by atoms with Gasteiger partial charge in [-0.25, -0.2) is 0 Å². The molecule has 1 atom stereocenters. The van der Waals surface area contributed by atoms with E-state index in [0.29, 0.717) is 6.04 Å². The van der Waals surface area contributed by atoms with Gasteiger partial charge >= 0.3 is 0 Å². The van der Waals surface area contributed by atoms with Crippen LogP contribution in [0.5, 0.6) is 0 Å². The lowest BCUT2D eigenvalue weighted by molar-refractivity contribution is 0.270. The fourth-order valence-corrected chi connectivity index (χ4v) is 2.31. The molecule has 4 heteroatoms. The summed E-state index contributed by atoms with van der Waals surface area (Å²) in [4.78, 5) is 2.05. The van der Waals surface area contributed by atoms with Gasteiger partial charge in [0.15, 0.2) is 0 Å². The molecular formula is C14H21ClN2O. The molecule has 1 saturated carbocycles. The van der Waals surface area contributed by atoms with Crippen molar-refractivity contribution in [2.24, 2.45) is 0 Å². The Kier molecular flexibility index (Phi) is 4.49. The predicted molar refractivity (Wildman–Crippen MR) is 76.3 cm³/mol. The normalized spacial score (nSPS) is 16.7. The summed E-state index contributed by atoms with van der Waals surface area (Å²) in [5, 5.41) is 13.5. The molecular weight excluding hydrogens is 248 g/mol. The van der Waals surface area contributed by atoms with E-state index in [2.05, 4.69) is 11.4 Å². The number of benzene rings is 1. The Morgan fingerprint density at radius 2 is 2.22 bits per heavy atom. The van der Waals surface area contributed by atoms with Crippen LogP contribution in [0.25, 0.3) is 0 Å². The number of likely N-dealkylation sites (N-methyl/N-ethyl adjacent to an activating group) is 1. The third kappa shape index (κ3) is 3.16. The summed E-state index contributed by atoms with van der Waals surface area (Å²) in [6.07, 6.45) is 2.55. The first-order valence-corrected chi connectivity index (χ1v) is 6.85. The molecule has 0 bridgehead atoms. The average molecular weight is 269 g/mol. The van der Waals surface area contributed by atoms with Crippen molar-refractivity contribution in [3.05, 3.63) is 28.8 Å². The Balaban J connectivity index is 2.18. The van der Waals surface area contributed by atoms with Gasteiger partial charge in [0.05, 0.1) is 17.3 Å². The predicted octanol–water partition coefficient (Wildman–Crippen LogP) is 2.41. The number of anilines is 1. The van der Waals surface area contributed by atoms with E-state index in [1.54, 1.807) is 0 Å². The first-order valence-electron chi connectivity index (χ1n) is 6.48. The van der Waals surface area contributed by atoms with Gasteiger partial charge < -0.3 is 15.3 Å². The second-order valence-corrected chi connectivity index (χ2v) is 5.45. The van der Waals surface area contributed by atoms with Crippen LogP contribution < -0.4 is 10.2 Å². The first kappa shape index (κ1) is 13.7. The maximum Gasteiger partial charge on any atom is 0.0642 e. The number of para-hydroxylation sites is 1. The zero-order valence-corrected chi connectivity index (χ0v) is 11.7. The second kappa shape index (κ2) is 5.91. The Morgan fingerprint density at radius 3 is 2.83 bits per heavy atom. The molecule has 0 amide bonds. The zero-order chi connectivity index (χ0) is 13.1. The van der Waals surface area contributed by atoms with Crippen molar-refractivity contribution in [3.63, 3.8) is 0 Å². The van der Waals surface area contributed by atoms with Crippen LogP contribution in [0.4, 0.5) is 5.69 Å². The number of nitrogens with zero attached hydrogens (tertiary/aromatic N) is 1. The molecule has 18 heavy (non-hydrogen) atoms. The van der Waals surface area contributed by atoms with Crippen molar-refractivity contribution in [2.75, 3.05) is 18.6 Å². The van der Waals surface area contributed by atoms with Crippen molar-refractivity contribution in [1.29, 1.82) is 0 Å². The lowest BCUT2D eigenvalue weighted by atomic mass is 10.1. The number of rotatable bonds is 6. The third-order valence-corrected chi connectivity index (χ3v) is 3.81. The molecule has 100 valence electrons. The van der Waals surface area contributed by atoms with E-state index in [1.165, 1.54) is 18.4 Å². The van der Waals surface area contributed by atoms with Gasteiger partial charge in [-0.1, -0.05) is 23.7 Å². The summed E-state index contributed by atoms with van der Waals surface area (Å²) < 4.78 is 0. The first-order chi connectivity index (χ1) is 8.63. The van der Waals surface area contributed by atoms with E-state index in [0.717, 1.165) is 17.3 Å². The number of hydrogen-bond acceptors (Lipinski definition) is 3. The molecule has 1 fully saturated rings. The molecule has 0 aromatic heterocycles. The Hall–Kier alpha value is -0.770. The van der Waals surface area contributed by atoms with Crippen LogP contribution in [0.2, 0.25) is 5.02 Å². The molecule has 0 radical (unpaired) electrons. The van der Waals surface area contributed by atoms with Gasteiger partial charge in [-0.05, 0) is 31.4 Å². The van der Waals surface area contributed by atoms with Crippen molar-refractivity contribution in [1.82, 2.24) is 5.32 Å². The number of nitrogens with one attached hydrogen (secondary N) is 1. The quantitative estimate of drug-likeness (QED) is 0.832. The highest BCUT2D eigenvalue weighted by Gasteiger charge is 2.22. The van der Waals surface area contributed by atoms with Gasteiger partial charge in [-0.2, -0.15) is 0 Å². The van der Waals surface area contributed by atoms with Gasteiger partial charge in [-0.3, -0.25) is 0 Å². The molecule has 1 aromatic rings. The highest BCUT2D eigenvalue weighted by Crippen LogP contribution is 2.31. The van der Waals surface area contributed by atoms with E-state index in [1.807, 2.05) is 31.0 Å². The Labute approximate surface area is 114 Å². The highest BCUT2D eigenvalue weighted by atomic mass is 35.5. The topological polar surface area (TPSA) is 35.5 Å². The van der Waals surface area contributed by atoms with Crippen molar-refractivity contribution >= 4 is 17.3 Å². The standard InChI is InChI=1S/C14H21ClN2O/c1-10(9-18)17(2)14-11(4-3-5-13(14)15)8-16-12-6-7-12/h3-5,10,12,16,18H,6-9H2,1-2H3. The third-order valence-electron chi connectivity index (χ3n) is 3.51. The minimum absolute atomic E-state index is 0.0598. The maximum absolute atomic E-state index is 9.28. The molecule has 3 nitrogen and oxygen atoms in total. The lowest BCUT2D eigenvalue weighted by Crippen LogP contribution is -2.33. The van der Waals surface area contributed by atoms with Gasteiger partial charge in [0, 0.05) is 25.7 Å². The van der Waals surface area contributed by atoms with E-state index in [4.69, 9.17) is 11.6 Å². The molecule has 1 aromatic carbocycles. The van der Waals surface area contributed by atoms with E-state index in [9.17, 15) is 5.11 Å². The number of hydrogen-bond donors (Lipinski definition) is 2. The maximum atomic E-state index is 9.28. The summed E-state index contributed by atoms with van der Waals surface area (Å²) in [5.41, 5.74) is 2.21. The second-order valence-electron chi connectivity index (χ2n) is 5.05. The average Bonchev–Trinajstić information content (AvgIpc) is 3.18. The van der Waals surface area contributed by atoms with Crippen molar-refractivity contribution in [2.45, 2.75) is 38.4 Å². The number of aliphatic hydroxyl groups is 1. The van der Waals surface area contributed by atoms with Gasteiger partial charge in [0.1, 0.15) is 0 Å². The van der Waals surface area contributed by atoms with Crippen molar-refractivity contribution in [3.8, 4) is 0 Å². The van der Waals surface area contributed by atoms with E-state index < -0.39 is 0 Å². The van der Waals surface area contributed by atoms with Crippen LogP contribution in [-0.2, 0) is 6.54 Å². The van der Waals surface area contributed by atoms with Crippen LogP contribution in [-0.4, -0.2) is 30.8 Å².